The van der Waals surface area contributed by atoms with Crippen LogP contribution in [0.4, 0.5) is 0 Å². The van der Waals surface area contributed by atoms with E-state index >= 15 is 0 Å². The van der Waals surface area contributed by atoms with Crippen molar-refractivity contribution in [1.29, 1.82) is 0 Å². The molecule has 5 nitrogen and oxygen atoms in total. The number of nitrogens with one attached hydrogen (secondary N) is 1. The van der Waals surface area contributed by atoms with Crippen molar-refractivity contribution in [2.75, 3.05) is 13.7 Å². The van der Waals surface area contributed by atoms with Gasteiger partial charge in [-0.05, 0) is 36.5 Å². The maximum Gasteiger partial charge on any atom is 0.237 e. The van der Waals surface area contributed by atoms with E-state index in [-0.39, 0.29) is 30.3 Å². The first-order chi connectivity index (χ1) is 11.3. The van der Waals surface area contributed by atoms with E-state index in [9.17, 15) is 4.79 Å². The minimum Gasteiger partial charge on any atom is -0.493 e. The first kappa shape index (κ1) is 23.5. The summed E-state index contributed by atoms with van der Waals surface area (Å²) in [6.07, 6.45) is 0.874. The van der Waals surface area contributed by atoms with Crippen LogP contribution >= 0.6 is 12.4 Å². The molecule has 25 heavy (non-hydrogen) atoms. The van der Waals surface area contributed by atoms with Crippen LogP contribution in [0, 0.1) is 11.8 Å². The summed E-state index contributed by atoms with van der Waals surface area (Å²) in [4.78, 5) is 12.2. The lowest BCUT2D eigenvalue weighted by Crippen LogP contribution is -2.45. The molecule has 1 rings (SSSR count). The molecule has 1 aromatic carbocycles. The van der Waals surface area contributed by atoms with Crippen LogP contribution in [0.3, 0.4) is 0 Å². The fraction of sp³-hybridized carbons (Fsp3) is 0.632. The molecule has 3 atom stereocenters. The SMILES string of the molecule is CCC(C)C(N)C(=O)NC(C)c1ccc(OCC(C)C)c(OC)c1.Cl. The minimum atomic E-state index is -0.493. The van der Waals surface area contributed by atoms with Crippen LogP contribution in [0.5, 0.6) is 11.5 Å². The highest BCUT2D eigenvalue weighted by Gasteiger charge is 2.21. The van der Waals surface area contributed by atoms with Crippen molar-refractivity contribution >= 4 is 18.3 Å². The van der Waals surface area contributed by atoms with Crippen molar-refractivity contribution in [2.24, 2.45) is 17.6 Å². The van der Waals surface area contributed by atoms with Crippen LogP contribution in [0.15, 0.2) is 18.2 Å². The average Bonchev–Trinajstić information content (AvgIpc) is 2.57. The molecular weight excluding hydrogens is 340 g/mol. The molecule has 6 heteroatoms. The van der Waals surface area contributed by atoms with E-state index in [1.807, 2.05) is 39.0 Å². The highest BCUT2D eigenvalue weighted by atomic mass is 35.5. The summed E-state index contributed by atoms with van der Waals surface area (Å²) in [5, 5.41) is 2.97. The van der Waals surface area contributed by atoms with Gasteiger partial charge in [-0.2, -0.15) is 0 Å². The van der Waals surface area contributed by atoms with Crippen molar-refractivity contribution in [1.82, 2.24) is 5.32 Å². The third kappa shape index (κ3) is 7.12. The van der Waals surface area contributed by atoms with E-state index in [0.717, 1.165) is 12.0 Å². The molecule has 3 N–H and O–H groups in total. The van der Waals surface area contributed by atoms with Gasteiger partial charge in [-0.1, -0.05) is 40.2 Å². The quantitative estimate of drug-likeness (QED) is 0.693. The number of ether oxygens (including phenoxy) is 2. The molecular formula is C19H33ClN2O3. The monoisotopic (exact) mass is 372 g/mol. The van der Waals surface area contributed by atoms with Gasteiger partial charge in [-0.15, -0.1) is 12.4 Å². The third-order valence-corrected chi connectivity index (χ3v) is 4.18. The Bertz CT molecular complexity index is 537. The van der Waals surface area contributed by atoms with Gasteiger partial charge < -0.3 is 20.5 Å². The van der Waals surface area contributed by atoms with Crippen molar-refractivity contribution < 1.29 is 14.3 Å². The molecule has 0 heterocycles. The standard InChI is InChI=1S/C19H32N2O3.ClH/c1-7-13(4)18(20)19(22)21-14(5)15-8-9-16(17(10-15)23-6)24-11-12(2)3;/h8-10,12-14,18H,7,11,20H2,1-6H3,(H,21,22);1H. The second-order valence-electron chi connectivity index (χ2n) is 6.76. The summed E-state index contributed by atoms with van der Waals surface area (Å²) < 4.78 is 11.2. The van der Waals surface area contributed by atoms with E-state index in [1.54, 1.807) is 7.11 Å². The van der Waals surface area contributed by atoms with Crippen LogP contribution in [0.25, 0.3) is 0 Å². The Morgan fingerprint density at radius 2 is 1.84 bits per heavy atom. The predicted octanol–water partition coefficient (Wildman–Crippen LogP) is 3.70. The van der Waals surface area contributed by atoms with Gasteiger partial charge in [-0.3, -0.25) is 4.79 Å². The molecule has 1 amide bonds. The molecule has 0 aliphatic carbocycles. The number of carbonyl (C=O) groups excluding carboxylic acids is 1. The molecule has 0 radical (unpaired) electrons. The van der Waals surface area contributed by atoms with Gasteiger partial charge >= 0.3 is 0 Å². The predicted molar refractivity (Wildman–Crippen MR) is 105 cm³/mol. The minimum absolute atomic E-state index is 0. The normalized spacial score (nSPS) is 14.2. The zero-order valence-electron chi connectivity index (χ0n) is 16.2. The maximum atomic E-state index is 12.2. The largest absolute Gasteiger partial charge is 0.493 e. The lowest BCUT2D eigenvalue weighted by Gasteiger charge is -2.22. The van der Waals surface area contributed by atoms with Gasteiger partial charge in [0.25, 0.3) is 0 Å². The van der Waals surface area contributed by atoms with Crippen LogP contribution in [0.1, 0.15) is 52.6 Å². The summed E-state index contributed by atoms with van der Waals surface area (Å²) in [6, 6.07) is 5.08. The Morgan fingerprint density at radius 3 is 2.36 bits per heavy atom. The van der Waals surface area contributed by atoms with Gasteiger partial charge in [0.2, 0.25) is 5.91 Å². The Hall–Kier alpha value is -1.46. The number of hydrogen-bond acceptors (Lipinski definition) is 4. The van der Waals surface area contributed by atoms with Gasteiger partial charge in [0.1, 0.15) is 0 Å². The smallest absolute Gasteiger partial charge is 0.237 e. The topological polar surface area (TPSA) is 73.6 Å². The second-order valence-corrected chi connectivity index (χ2v) is 6.76. The summed E-state index contributed by atoms with van der Waals surface area (Å²) in [6.45, 7) is 10.8. The number of halogens is 1. The van der Waals surface area contributed by atoms with Crippen LogP contribution in [-0.2, 0) is 4.79 Å². The number of methoxy groups -OCH3 is 1. The van der Waals surface area contributed by atoms with Crippen molar-refractivity contribution in [2.45, 2.75) is 53.1 Å². The number of benzene rings is 1. The fourth-order valence-corrected chi connectivity index (χ4v) is 2.23. The van der Waals surface area contributed by atoms with Gasteiger partial charge in [0.05, 0.1) is 25.8 Å². The molecule has 0 bridgehead atoms. The van der Waals surface area contributed by atoms with E-state index in [0.29, 0.717) is 24.0 Å². The summed E-state index contributed by atoms with van der Waals surface area (Å²) >= 11 is 0. The third-order valence-electron chi connectivity index (χ3n) is 4.18. The number of rotatable bonds is 9. The number of hydrogen-bond donors (Lipinski definition) is 2. The zero-order valence-corrected chi connectivity index (χ0v) is 17.0. The molecule has 144 valence electrons. The zero-order chi connectivity index (χ0) is 18.3. The summed E-state index contributed by atoms with van der Waals surface area (Å²) in [5.74, 6) is 1.84. The molecule has 0 aliphatic rings. The highest BCUT2D eigenvalue weighted by molar-refractivity contribution is 5.85. The lowest BCUT2D eigenvalue weighted by atomic mass is 9.98. The summed E-state index contributed by atoms with van der Waals surface area (Å²) in [7, 11) is 1.61. The van der Waals surface area contributed by atoms with Crippen LogP contribution in [-0.4, -0.2) is 25.7 Å². The Kier molecular flexibility index (Phi) is 10.6. The van der Waals surface area contributed by atoms with E-state index in [2.05, 4.69) is 19.2 Å². The molecule has 0 spiro atoms. The van der Waals surface area contributed by atoms with Gasteiger partial charge in [0, 0.05) is 0 Å². The lowest BCUT2D eigenvalue weighted by molar-refractivity contribution is -0.124. The van der Waals surface area contributed by atoms with Crippen LogP contribution in [0.2, 0.25) is 0 Å². The maximum absolute atomic E-state index is 12.2. The number of amides is 1. The van der Waals surface area contributed by atoms with Crippen molar-refractivity contribution in [3.05, 3.63) is 23.8 Å². The van der Waals surface area contributed by atoms with E-state index < -0.39 is 6.04 Å². The van der Waals surface area contributed by atoms with Crippen molar-refractivity contribution in [3.63, 3.8) is 0 Å². The Labute approximate surface area is 158 Å². The average molecular weight is 373 g/mol. The molecule has 0 aliphatic heterocycles. The first-order valence-corrected chi connectivity index (χ1v) is 8.66. The molecule has 0 aromatic heterocycles. The fourth-order valence-electron chi connectivity index (χ4n) is 2.23. The number of carbonyl (C=O) groups is 1. The molecule has 0 fully saturated rings. The highest BCUT2D eigenvalue weighted by Crippen LogP contribution is 2.30. The van der Waals surface area contributed by atoms with Crippen LogP contribution < -0.4 is 20.5 Å². The molecule has 0 saturated heterocycles. The Balaban J connectivity index is 0.00000576. The molecule has 0 saturated carbocycles. The Morgan fingerprint density at radius 1 is 1.20 bits per heavy atom. The number of nitrogens with two attached hydrogens (primary N) is 1. The van der Waals surface area contributed by atoms with Gasteiger partial charge in [0.15, 0.2) is 11.5 Å². The van der Waals surface area contributed by atoms with Gasteiger partial charge in [-0.25, -0.2) is 0 Å². The van der Waals surface area contributed by atoms with E-state index in [4.69, 9.17) is 15.2 Å². The second kappa shape index (κ2) is 11.2. The first-order valence-electron chi connectivity index (χ1n) is 8.66. The molecule has 3 unspecified atom stereocenters. The molecule has 1 aromatic rings. The summed E-state index contributed by atoms with van der Waals surface area (Å²) in [5.41, 5.74) is 6.94. The van der Waals surface area contributed by atoms with Crippen molar-refractivity contribution in [3.8, 4) is 11.5 Å². The van der Waals surface area contributed by atoms with E-state index in [1.165, 1.54) is 0 Å².